The SMILES string of the molecule is CCn1ncc(Cl)c1/C=C1/NC(=S)N(C2CCCCC2)C1=O. The average Bonchev–Trinajstić information content (AvgIpc) is 3.01. The van der Waals surface area contributed by atoms with Crippen molar-refractivity contribution < 1.29 is 4.79 Å². The van der Waals surface area contributed by atoms with E-state index in [2.05, 4.69) is 10.4 Å². The Bertz CT molecular complexity index is 633. The fourth-order valence-corrected chi connectivity index (χ4v) is 3.66. The first-order chi connectivity index (χ1) is 10.6. The van der Waals surface area contributed by atoms with Gasteiger partial charge in [0.15, 0.2) is 5.11 Å². The molecule has 1 aliphatic heterocycles. The topological polar surface area (TPSA) is 50.2 Å². The highest BCUT2D eigenvalue weighted by Gasteiger charge is 2.36. The lowest BCUT2D eigenvalue weighted by atomic mass is 9.94. The summed E-state index contributed by atoms with van der Waals surface area (Å²) in [5.74, 6) is -0.0585. The van der Waals surface area contributed by atoms with E-state index < -0.39 is 0 Å². The molecule has 5 nitrogen and oxygen atoms in total. The van der Waals surface area contributed by atoms with E-state index in [1.807, 2.05) is 6.92 Å². The van der Waals surface area contributed by atoms with Gasteiger partial charge in [0.1, 0.15) is 5.70 Å². The van der Waals surface area contributed by atoms with Gasteiger partial charge >= 0.3 is 0 Å². The number of aromatic nitrogens is 2. The maximum Gasteiger partial charge on any atom is 0.276 e. The van der Waals surface area contributed by atoms with E-state index in [0.717, 1.165) is 31.4 Å². The molecule has 1 N–H and O–H groups in total. The van der Waals surface area contributed by atoms with Crippen molar-refractivity contribution >= 4 is 40.9 Å². The largest absolute Gasteiger partial charge is 0.328 e. The third kappa shape index (κ3) is 2.77. The Kier molecular flexibility index (Phi) is 4.49. The number of halogens is 1. The maximum absolute atomic E-state index is 12.7. The highest BCUT2D eigenvalue weighted by molar-refractivity contribution is 7.80. The second kappa shape index (κ2) is 6.38. The molecule has 0 unspecified atom stereocenters. The molecule has 2 heterocycles. The Morgan fingerprint density at radius 1 is 1.45 bits per heavy atom. The first kappa shape index (κ1) is 15.5. The number of amides is 1. The molecule has 7 heteroatoms. The molecule has 2 fully saturated rings. The number of aryl methyl sites for hydroxylation is 1. The predicted octanol–water partition coefficient (Wildman–Crippen LogP) is 2.95. The van der Waals surface area contributed by atoms with Crippen LogP contribution in [0.2, 0.25) is 5.02 Å². The predicted molar refractivity (Wildman–Crippen MR) is 90.3 cm³/mol. The van der Waals surface area contributed by atoms with E-state index in [-0.39, 0.29) is 11.9 Å². The zero-order valence-electron chi connectivity index (χ0n) is 12.5. The number of nitrogens with zero attached hydrogens (tertiary/aromatic N) is 3. The minimum absolute atomic E-state index is 0.0585. The zero-order valence-corrected chi connectivity index (χ0v) is 14.1. The van der Waals surface area contributed by atoms with Crippen molar-refractivity contribution in [3.8, 4) is 0 Å². The van der Waals surface area contributed by atoms with Crippen LogP contribution in [0.3, 0.4) is 0 Å². The van der Waals surface area contributed by atoms with Gasteiger partial charge in [-0.05, 0) is 38.1 Å². The molecule has 1 aromatic rings. The average molecular weight is 339 g/mol. The van der Waals surface area contributed by atoms with Crippen molar-refractivity contribution in [2.24, 2.45) is 0 Å². The number of hydrogen-bond donors (Lipinski definition) is 1. The smallest absolute Gasteiger partial charge is 0.276 e. The maximum atomic E-state index is 12.7. The highest BCUT2D eigenvalue weighted by Crippen LogP contribution is 2.27. The summed E-state index contributed by atoms with van der Waals surface area (Å²) in [4.78, 5) is 14.4. The second-order valence-corrected chi connectivity index (χ2v) is 6.44. The summed E-state index contributed by atoms with van der Waals surface area (Å²) in [6.45, 7) is 2.67. The van der Waals surface area contributed by atoms with Gasteiger partial charge < -0.3 is 5.32 Å². The van der Waals surface area contributed by atoms with Crippen molar-refractivity contribution in [3.63, 3.8) is 0 Å². The Balaban J connectivity index is 1.87. The van der Waals surface area contributed by atoms with Gasteiger partial charge in [-0.1, -0.05) is 30.9 Å². The van der Waals surface area contributed by atoms with Crippen molar-refractivity contribution in [3.05, 3.63) is 22.6 Å². The van der Waals surface area contributed by atoms with Gasteiger partial charge in [0.25, 0.3) is 5.91 Å². The van der Waals surface area contributed by atoms with Crippen LogP contribution in [0.25, 0.3) is 6.08 Å². The standard InChI is InChI=1S/C15H19ClN4OS/c1-2-19-13(11(16)9-17-19)8-12-14(21)20(15(22)18-12)10-6-4-3-5-7-10/h8-10H,2-7H2,1H3,(H,18,22)/b12-8+. The molecule has 0 aromatic carbocycles. The molecular formula is C15H19ClN4OS. The highest BCUT2D eigenvalue weighted by atomic mass is 35.5. The molecule has 1 amide bonds. The van der Waals surface area contributed by atoms with Crippen LogP contribution in [0.15, 0.2) is 11.9 Å². The number of carbonyl (C=O) groups excluding carboxylic acids is 1. The van der Waals surface area contributed by atoms with Crippen LogP contribution >= 0.6 is 23.8 Å². The molecule has 0 bridgehead atoms. The van der Waals surface area contributed by atoms with Gasteiger partial charge in [-0.3, -0.25) is 14.4 Å². The van der Waals surface area contributed by atoms with Crippen LogP contribution in [0.1, 0.15) is 44.7 Å². The molecule has 0 radical (unpaired) electrons. The monoisotopic (exact) mass is 338 g/mol. The normalized spacial score (nSPS) is 21.7. The van der Waals surface area contributed by atoms with Gasteiger partial charge in [-0.2, -0.15) is 5.10 Å². The molecule has 1 saturated carbocycles. The van der Waals surface area contributed by atoms with Crippen molar-refractivity contribution in [1.29, 1.82) is 0 Å². The van der Waals surface area contributed by atoms with E-state index in [4.69, 9.17) is 23.8 Å². The van der Waals surface area contributed by atoms with Crippen molar-refractivity contribution in [1.82, 2.24) is 20.0 Å². The first-order valence-electron chi connectivity index (χ1n) is 7.69. The molecule has 22 heavy (non-hydrogen) atoms. The number of thiocarbonyl (C=S) groups is 1. The molecular weight excluding hydrogens is 320 g/mol. The van der Waals surface area contributed by atoms with Crippen LogP contribution in [0.5, 0.6) is 0 Å². The molecule has 2 aliphatic rings. The molecule has 1 saturated heterocycles. The Morgan fingerprint density at radius 2 is 2.18 bits per heavy atom. The fourth-order valence-electron chi connectivity index (χ4n) is 3.12. The Hall–Kier alpha value is -1.40. The van der Waals surface area contributed by atoms with E-state index in [1.54, 1.807) is 21.9 Å². The van der Waals surface area contributed by atoms with Crippen LogP contribution < -0.4 is 5.32 Å². The summed E-state index contributed by atoms with van der Waals surface area (Å²) in [5.41, 5.74) is 1.21. The number of hydrogen-bond acceptors (Lipinski definition) is 3. The lowest BCUT2D eigenvalue weighted by Crippen LogP contribution is -2.41. The second-order valence-electron chi connectivity index (χ2n) is 5.65. The summed E-state index contributed by atoms with van der Waals surface area (Å²) < 4.78 is 1.76. The zero-order chi connectivity index (χ0) is 15.7. The van der Waals surface area contributed by atoms with Crippen LogP contribution in [0.4, 0.5) is 0 Å². The number of nitrogens with one attached hydrogen (secondary N) is 1. The summed E-state index contributed by atoms with van der Waals surface area (Å²) in [6.07, 6.45) is 8.94. The van der Waals surface area contributed by atoms with Crippen LogP contribution in [-0.4, -0.2) is 31.7 Å². The lowest BCUT2D eigenvalue weighted by Gasteiger charge is -2.29. The van der Waals surface area contributed by atoms with Gasteiger partial charge in [0, 0.05) is 12.6 Å². The lowest BCUT2D eigenvalue weighted by molar-refractivity contribution is -0.124. The summed E-state index contributed by atoms with van der Waals surface area (Å²) in [5, 5.41) is 8.26. The number of carbonyl (C=O) groups is 1. The molecule has 0 spiro atoms. The van der Waals surface area contributed by atoms with Crippen molar-refractivity contribution in [2.45, 2.75) is 51.6 Å². The minimum atomic E-state index is -0.0585. The van der Waals surface area contributed by atoms with Crippen molar-refractivity contribution in [2.75, 3.05) is 0 Å². The molecule has 1 aliphatic carbocycles. The third-order valence-corrected chi connectivity index (χ3v) is 4.85. The van der Waals surface area contributed by atoms with Crippen LogP contribution in [-0.2, 0) is 11.3 Å². The van der Waals surface area contributed by atoms with E-state index in [1.165, 1.54) is 6.42 Å². The summed E-state index contributed by atoms with van der Waals surface area (Å²) in [7, 11) is 0. The van der Waals surface area contributed by atoms with Gasteiger partial charge in [0.05, 0.1) is 16.9 Å². The molecule has 3 rings (SSSR count). The van der Waals surface area contributed by atoms with E-state index in [9.17, 15) is 4.79 Å². The van der Waals surface area contributed by atoms with E-state index >= 15 is 0 Å². The molecule has 118 valence electrons. The number of rotatable bonds is 3. The minimum Gasteiger partial charge on any atom is -0.328 e. The fraction of sp³-hybridized carbons (Fsp3) is 0.533. The summed E-state index contributed by atoms with van der Waals surface area (Å²) >= 11 is 11.5. The molecule has 1 aromatic heterocycles. The third-order valence-electron chi connectivity index (χ3n) is 4.26. The van der Waals surface area contributed by atoms with Gasteiger partial charge in [-0.15, -0.1) is 0 Å². The Labute approximate surface area is 140 Å². The quantitative estimate of drug-likeness (QED) is 0.680. The first-order valence-corrected chi connectivity index (χ1v) is 8.48. The van der Waals surface area contributed by atoms with Crippen LogP contribution in [0, 0.1) is 0 Å². The summed E-state index contributed by atoms with van der Waals surface area (Å²) in [6, 6.07) is 0.221. The Morgan fingerprint density at radius 3 is 2.86 bits per heavy atom. The molecule has 0 atom stereocenters. The van der Waals surface area contributed by atoms with E-state index in [0.29, 0.717) is 22.4 Å². The van der Waals surface area contributed by atoms with Gasteiger partial charge in [0.2, 0.25) is 0 Å². The van der Waals surface area contributed by atoms with Gasteiger partial charge in [-0.25, -0.2) is 0 Å².